The zero-order valence-corrected chi connectivity index (χ0v) is 23.5. The highest BCUT2D eigenvalue weighted by Crippen LogP contribution is 2.40. The number of hydrogen-bond acceptors (Lipinski definition) is 6. The van der Waals surface area contributed by atoms with Crippen molar-refractivity contribution in [3.63, 3.8) is 0 Å². The number of ether oxygens (including phenoxy) is 2. The van der Waals surface area contributed by atoms with Crippen LogP contribution in [-0.4, -0.2) is 28.6 Å². The fourth-order valence-corrected chi connectivity index (χ4v) is 5.10. The number of carbonyl (C=O) groups is 3. The van der Waals surface area contributed by atoms with Crippen LogP contribution in [-0.2, 0) is 11.3 Å². The van der Waals surface area contributed by atoms with Gasteiger partial charge in [0.2, 0.25) is 0 Å². The molecule has 4 rings (SSSR count). The van der Waals surface area contributed by atoms with E-state index in [9.17, 15) is 14.4 Å². The molecule has 6 nitrogen and oxygen atoms in total. The van der Waals surface area contributed by atoms with Crippen molar-refractivity contribution in [3.8, 4) is 11.5 Å². The van der Waals surface area contributed by atoms with E-state index in [1.54, 1.807) is 49.4 Å². The summed E-state index contributed by atoms with van der Waals surface area (Å²) in [4.78, 5) is 39.6. The van der Waals surface area contributed by atoms with Crippen LogP contribution in [0.5, 0.6) is 11.5 Å². The van der Waals surface area contributed by atoms with E-state index in [0.717, 1.165) is 21.8 Å². The maximum absolute atomic E-state index is 13.0. The molecule has 0 spiro atoms. The van der Waals surface area contributed by atoms with Crippen molar-refractivity contribution in [1.29, 1.82) is 0 Å². The highest BCUT2D eigenvalue weighted by Gasteiger charge is 2.35. The second-order valence-corrected chi connectivity index (χ2v) is 10.8. The van der Waals surface area contributed by atoms with Crippen molar-refractivity contribution in [1.82, 2.24) is 4.90 Å². The van der Waals surface area contributed by atoms with Crippen LogP contribution in [0.3, 0.4) is 0 Å². The molecule has 3 aromatic carbocycles. The lowest BCUT2D eigenvalue weighted by Gasteiger charge is -2.14. The molecular formula is C26H18Br2ClNO5S. The van der Waals surface area contributed by atoms with E-state index < -0.39 is 5.97 Å². The lowest BCUT2D eigenvalue weighted by atomic mass is 10.1. The summed E-state index contributed by atoms with van der Waals surface area (Å²) in [5, 5.41) is 0.167. The van der Waals surface area contributed by atoms with Gasteiger partial charge in [-0.1, -0.05) is 39.7 Å². The minimum absolute atomic E-state index is 0.183. The number of nitrogens with zero attached hydrogens (tertiary/aromatic N) is 1. The van der Waals surface area contributed by atoms with Gasteiger partial charge in [0.15, 0.2) is 11.5 Å². The van der Waals surface area contributed by atoms with E-state index in [4.69, 9.17) is 21.1 Å². The summed E-state index contributed by atoms with van der Waals surface area (Å²) in [6.07, 6.45) is 1.62. The molecule has 0 aliphatic carbocycles. The van der Waals surface area contributed by atoms with Crippen LogP contribution in [0.15, 0.2) is 74.5 Å². The van der Waals surface area contributed by atoms with Gasteiger partial charge in [-0.05, 0) is 100 Å². The summed E-state index contributed by atoms with van der Waals surface area (Å²) >= 11 is 13.6. The third kappa shape index (κ3) is 6.21. The highest BCUT2D eigenvalue weighted by atomic mass is 79.9. The molecule has 0 N–H and O–H groups in total. The smallest absolute Gasteiger partial charge is 0.343 e. The Morgan fingerprint density at radius 2 is 1.75 bits per heavy atom. The van der Waals surface area contributed by atoms with Gasteiger partial charge < -0.3 is 9.47 Å². The molecule has 0 aromatic heterocycles. The lowest BCUT2D eigenvalue weighted by Crippen LogP contribution is -2.27. The Morgan fingerprint density at radius 3 is 2.42 bits per heavy atom. The van der Waals surface area contributed by atoms with Gasteiger partial charge in [-0.3, -0.25) is 14.5 Å². The monoisotopic (exact) mass is 649 g/mol. The third-order valence-electron chi connectivity index (χ3n) is 5.03. The summed E-state index contributed by atoms with van der Waals surface area (Å²) in [6.45, 7) is 2.31. The molecule has 0 unspecified atom stereocenters. The van der Waals surface area contributed by atoms with Gasteiger partial charge in [0.05, 0.1) is 28.1 Å². The SMILES string of the molecule is CCOc1cc(/C=C2\SC(=O)N(Cc3ccc(Br)cc3)C2=O)cc(Br)c1OC(=O)c1ccc(Cl)cc1. The average molecular weight is 652 g/mol. The number of thioether (sulfide) groups is 1. The van der Waals surface area contributed by atoms with Crippen molar-refractivity contribution in [2.45, 2.75) is 13.5 Å². The molecule has 0 atom stereocenters. The first-order valence-corrected chi connectivity index (χ1v) is 13.5. The Kier molecular flexibility index (Phi) is 8.56. The Hall–Kier alpha value is -2.59. The van der Waals surface area contributed by atoms with Gasteiger partial charge in [0, 0.05) is 9.50 Å². The second-order valence-electron chi connectivity index (χ2n) is 7.55. The summed E-state index contributed by atoms with van der Waals surface area (Å²) < 4.78 is 12.7. The van der Waals surface area contributed by atoms with Crippen molar-refractivity contribution in [2.24, 2.45) is 0 Å². The quantitative estimate of drug-likeness (QED) is 0.148. The molecule has 1 aliphatic rings. The van der Waals surface area contributed by atoms with Crippen molar-refractivity contribution in [3.05, 3.63) is 96.2 Å². The van der Waals surface area contributed by atoms with Crippen LogP contribution in [0, 0.1) is 0 Å². The molecule has 0 radical (unpaired) electrons. The van der Waals surface area contributed by atoms with E-state index in [0.29, 0.717) is 33.0 Å². The summed E-state index contributed by atoms with van der Waals surface area (Å²) in [5.74, 6) is -0.429. The molecule has 1 aliphatic heterocycles. The molecule has 1 fully saturated rings. The van der Waals surface area contributed by atoms with Gasteiger partial charge in [-0.25, -0.2) is 4.79 Å². The number of esters is 1. The number of hydrogen-bond donors (Lipinski definition) is 0. The Balaban J connectivity index is 1.57. The van der Waals surface area contributed by atoms with Crippen LogP contribution in [0.1, 0.15) is 28.4 Å². The molecule has 2 amide bonds. The number of carbonyl (C=O) groups excluding carboxylic acids is 3. The summed E-state index contributed by atoms with van der Waals surface area (Å²) in [7, 11) is 0. The predicted octanol–water partition coefficient (Wildman–Crippen LogP) is 7.72. The molecule has 10 heteroatoms. The van der Waals surface area contributed by atoms with E-state index in [-0.39, 0.29) is 28.3 Å². The molecular weight excluding hydrogens is 634 g/mol. The van der Waals surface area contributed by atoms with Gasteiger partial charge in [0.25, 0.3) is 11.1 Å². The van der Waals surface area contributed by atoms with E-state index >= 15 is 0 Å². The van der Waals surface area contributed by atoms with E-state index in [2.05, 4.69) is 31.9 Å². The van der Waals surface area contributed by atoms with E-state index in [1.807, 2.05) is 24.3 Å². The van der Waals surface area contributed by atoms with Crippen molar-refractivity contribution < 1.29 is 23.9 Å². The Morgan fingerprint density at radius 1 is 1.06 bits per heavy atom. The number of rotatable bonds is 7. The Bertz CT molecular complexity index is 1360. The molecule has 3 aromatic rings. The Labute approximate surface area is 233 Å². The van der Waals surface area contributed by atoms with Gasteiger partial charge in [0.1, 0.15) is 0 Å². The normalized spacial score (nSPS) is 14.4. The standard InChI is InChI=1S/C26H18Br2ClNO5S/c1-2-34-21-12-16(11-20(28)23(21)35-25(32)17-5-9-19(29)10-6-17)13-22-24(31)30(26(33)36-22)14-15-3-7-18(27)8-4-15/h3-13H,2,14H2,1H3/b22-13-. The molecule has 0 bridgehead atoms. The average Bonchev–Trinajstić information content (AvgIpc) is 3.10. The summed E-state index contributed by atoms with van der Waals surface area (Å²) in [5.41, 5.74) is 1.78. The van der Waals surface area contributed by atoms with E-state index in [1.165, 1.54) is 4.90 Å². The fraction of sp³-hybridized carbons (Fsp3) is 0.115. The number of imide groups is 1. The lowest BCUT2D eigenvalue weighted by molar-refractivity contribution is -0.123. The van der Waals surface area contributed by atoms with Crippen LogP contribution in [0.2, 0.25) is 5.02 Å². The zero-order valence-electron chi connectivity index (χ0n) is 18.8. The number of halogens is 3. The van der Waals surface area contributed by atoms with Gasteiger partial charge in [-0.15, -0.1) is 0 Å². The van der Waals surface area contributed by atoms with Crippen LogP contribution in [0.4, 0.5) is 4.79 Å². The minimum Gasteiger partial charge on any atom is -0.490 e. The first-order chi connectivity index (χ1) is 17.2. The van der Waals surface area contributed by atoms with Crippen LogP contribution >= 0.6 is 55.2 Å². The molecule has 1 saturated heterocycles. The van der Waals surface area contributed by atoms with Gasteiger partial charge in [-0.2, -0.15) is 0 Å². The third-order valence-corrected chi connectivity index (χ3v) is 7.31. The first kappa shape index (κ1) is 26.5. The molecule has 0 saturated carbocycles. The molecule has 184 valence electrons. The first-order valence-electron chi connectivity index (χ1n) is 10.7. The predicted molar refractivity (Wildman–Crippen MR) is 147 cm³/mol. The molecule has 36 heavy (non-hydrogen) atoms. The van der Waals surface area contributed by atoms with Crippen molar-refractivity contribution in [2.75, 3.05) is 6.61 Å². The zero-order chi connectivity index (χ0) is 25.8. The van der Waals surface area contributed by atoms with Crippen molar-refractivity contribution >= 4 is 78.4 Å². The maximum Gasteiger partial charge on any atom is 0.343 e. The number of amides is 2. The molecule has 1 heterocycles. The van der Waals surface area contributed by atoms with Gasteiger partial charge >= 0.3 is 5.97 Å². The fourth-order valence-electron chi connectivity index (χ4n) is 3.33. The number of benzene rings is 3. The topological polar surface area (TPSA) is 72.9 Å². The minimum atomic E-state index is -0.574. The highest BCUT2D eigenvalue weighted by molar-refractivity contribution is 9.10. The summed E-state index contributed by atoms with van der Waals surface area (Å²) in [6, 6.07) is 17.1. The van der Waals surface area contributed by atoms with Crippen LogP contribution in [0.25, 0.3) is 6.08 Å². The largest absolute Gasteiger partial charge is 0.490 e. The van der Waals surface area contributed by atoms with Crippen LogP contribution < -0.4 is 9.47 Å². The second kappa shape index (κ2) is 11.6. The maximum atomic E-state index is 13.0.